The molecule has 2 bridgehead atoms. The number of unbranched alkanes of at least 4 members (excludes halogenated alkanes) is 1. The first-order valence-electron chi connectivity index (χ1n) is 14.1. The van der Waals surface area contributed by atoms with Crippen LogP contribution >= 0.6 is 0 Å². The molecule has 3 saturated heterocycles. The molecule has 7 atom stereocenters. The molecule has 4 rings (SSSR count). The Hall–Kier alpha value is -2.65. The molecule has 4 unspecified atom stereocenters. The maximum absolute atomic E-state index is 14.0. The summed E-state index contributed by atoms with van der Waals surface area (Å²) in [7, 11) is 0. The molecule has 9 nitrogen and oxygen atoms in total. The summed E-state index contributed by atoms with van der Waals surface area (Å²) in [6, 6.07) is 6.30. The van der Waals surface area contributed by atoms with E-state index in [4.69, 9.17) is 9.47 Å². The van der Waals surface area contributed by atoms with Gasteiger partial charge in [-0.3, -0.25) is 14.4 Å². The first-order valence-corrected chi connectivity index (χ1v) is 14.1. The lowest BCUT2D eigenvalue weighted by molar-refractivity contribution is -0.146. The molecule has 3 N–H and O–H groups in total. The van der Waals surface area contributed by atoms with Crippen molar-refractivity contribution in [2.75, 3.05) is 25.1 Å². The number of benzene rings is 1. The summed E-state index contributed by atoms with van der Waals surface area (Å²) < 4.78 is 12.2. The van der Waals surface area contributed by atoms with E-state index in [1.807, 2.05) is 27.7 Å². The van der Waals surface area contributed by atoms with Crippen LogP contribution in [0.3, 0.4) is 0 Å². The van der Waals surface area contributed by atoms with E-state index in [-0.39, 0.29) is 36.3 Å². The maximum atomic E-state index is 14.0. The second-order valence-corrected chi connectivity index (χ2v) is 11.3. The normalized spacial score (nSPS) is 32.3. The fourth-order valence-electron chi connectivity index (χ4n) is 6.92. The zero-order chi connectivity index (χ0) is 27.7. The molecule has 3 aliphatic rings. The minimum atomic E-state index is -1.07. The molecule has 210 valence electrons. The molecule has 38 heavy (non-hydrogen) atoms. The molecule has 0 aliphatic carbocycles. The molecule has 3 amide bonds. The van der Waals surface area contributed by atoms with Crippen molar-refractivity contribution in [3.8, 4) is 5.75 Å². The van der Waals surface area contributed by atoms with E-state index >= 15 is 0 Å². The number of aliphatic hydroxyl groups is 1. The van der Waals surface area contributed by atoms with Crippen molar-refractivity contribution < 1.29 is 29.0 Å². The topological polar surface area (TPSA) is 117 Å². The third-order valence-electron chi connectivity index (χ3n) is 8.70. The number of nitrogens with zero attached hydrogens (tertiary/aromatic N) is 1. The van der Waals surface area contributed by atoms with Gasteiger partial charge in [0.1, 0.15) is 17.4 Å². The van der Waals surface area contributed by atoms with Crippen LogP contribution in [-0.4, -0.2) is 70.8 Å². The number of aliphatic hydroxyl groups excluding tert-OH is 1. The number of ether oxygens (including phenoxy) is 2. The van der Waals surface area contributed by atoms with Crippen LogP contribution in [0.5, 0.6) is 5.75 Å². The van der Waals surface area contributed by atoms with Crippen LogP contribution in [0.15, 0.2) is 24.3 Å². The largest absolute Gasteiger partial charge is 0.494 e. The number of hydrogen-bond donors (Lipinski definition) is 3. The van der Waals surface area contributed by atoms with E-state index in [0.717, 1.165) is 12.8 Å². The number of carbonyl (C=O) groups is 3. The van der Waals surface area contributed by atoms with Gasteiger partial charge in [0.15, 0.2) is 0 Å². The molecule has 3 aliphatic heterocycles. The van der Waals surface area contributed by atoms with Crippen LogP contribution in [0.2, 0.25) is 0 Å². The standard InChI is InChI=1S/C29H43N3O6/c1-6-10-19(4)30-26(35)24-29-17-18(3)28(5,38-29)22(23(29)27(36)32(24)15-8-9-16-33)25(34)31-20-11-13-21(14-12-20)37-7-2/h11-14,18-19,22-24,33H,6-10,15-17H2,1-5H3,(H,30,35)(H,31,34)/t18?,19?,22-,23+,24?,28+,29?/m1/s1. The summed E-state index contributed by atoms with van der Waals surface area (Å²) in [5.41, 5.74) is -1.33. The molecular weight excluding hydrogens is 486 g/mol. The van der Waals surface area contributed by atoms with E-state index in [0.29, 0.717) is 43.9 Å². The molecule has 0 aromatic heterocycles. The smallest absolute Gasteiger partial charge is 0.246 e. The highest BCUT2D eigenvalue weighted by atomic mass is 16.5. The fourth-order valence-corrected chi connectivity index (χ4v) is 6.92. The van der Waals surface area contributed by atoms with Crippen molar-refractivity contribution in [3.63, 3.8) is 0 Å². The Labute approximate surface area is 225 Å². The van der Waals surface area contributed by atoms with Crippen LogP contribution < -0.4 is 15.4 Å². The quantitative estimate of drug-likeness (QED) is 0.358. The molecule has 0 saturated carbocycles. The van der Waals surface area contributed by atoms with Crippen molar-refractivity contribution >= 4 is 23.4 Å². The monoisotopic (exact) mass is 529 g/mol. The number of hydrogen-bond acceptors (Lipinski definition) is 6. The fraction of sp³-hybridized carbons (Fsp3) is 0.690. The zero-order valence-electron chi connectivity index (χ0n) is 23.3. The number of carbonyl (C=O) groups excluding carboxylic acids is 3. The SMILES string of the molecule is CCCC(C)NC(=O)C1N(CCCCO)C(=O)[C@@H]2[C@H](C(=O)Nc3ccc(OCC)cc3)[C@@]3(C)OC12CC3C. The molecule has 3 fully saturated rings. The average molecular weight is 530 g/mol. The van der Waals surface area contributed by atoms with Crippen LogP contribution in [0.1, 0.15) is 66.7 Å². The van der Waals surface area contributed by atoms with Crippen molar-refractivity contribution in [2.24, 2.45) is 17.8 Å². The first kappa shape index (κ1) is 28.4. The van der Waals surface area contributed by atoms with E-state index in [9.17, 15) is 19.5 Å². The highest BCUT2D eigenvalue weighted by Gasteiger charge is 2.79. The van der Waals surface area contributed by atoms with E-state index in [1.54, 1.807) is 29.2 Å². The summed E-state index contributed by atoms with van der Waals surface area (Å²) in [6.07, 6.45) is 3.38. The third kappa shape index (κ3) is 4.79. The Morgan fingerprint density at radius 1 is 1.21 bits per heavy atom. The predicted octanol–water partition coefficient (Wildman–Crippen LogP) is 3.11. The number of likely N-dealkylation sites (tertiary alicyclic amines) is 1. The number of anilines is 1. The van der Waals surface area contributed by atoms with Gasteiger partial charge in [-0.1, -0.05) is 20.3 Å². The highest BCUT2D eigenvalue weighted by Crippen LogP contribution is 2.65. The lowest BCUT2D eigenvalue weighted by Crippen LogP contribution is -2.57. The Morgan fingerprint density at radius 3 is 2.55 bits per heavy atom. The Bertz CT molecular complexity index is 1030. The van der Waals surface area contributed by atoms with Gasteiger partial charge in [-0.25, -0.2) is 0 Å². The Morgan fingerprint density at radius 2 is 1.92 bits per heavy atom. The zero-order valence-corrected chi connectivity index (χ0v) is 23.3. The van der Waals surface area contributed by atoms with E-state index in [2.05, 4.69) is 17.6 Å². The number of amides is 3. The second kappa shape index (κ2) is 11.2. The summed E-state index contributed by atoms with van der Waals surface area (Å²) in [6.45, 7) is 10.8. The van der Waals surface area contributed by atoms with Crippen molar-refractivity contribution in [1.29, 1.82) is 0 Å². The molecule has 9 heteroatoms. The van der Waals surface area contributed by atoms with Crippen molar-refractivity contribution in [1.82, 2.24) is 10.2 Å². The van der Waals surface area contributed by atoms with Crippen molar-refractivity contribution in [3.05, 3.63) is 24.3 Å². The molecule has 1 aromatic carbocycles. The lowest BCUT2D eigenvalue weighted by atomic mass is 9.62. The van der Waals surface area contributed by atoms with E-state index < -0.39 is 29.1 Å². The molecular formula is C29H43N3O6. The maximum Gasteiger partial charge on any atom is 0.246 e. The minimum absolute atomic E-state index is 0.0136. The number of fused-ring (bicyclic) bond motifs is 1. The van der Waals surface area contributed by atoms with Gasteiger partial charge in [-0.15, -0.1) is 0 Å². The minimum Gasteiger partial charge on any atom is -0.494 e. The van der Waals surface area contributed by atoms with Crippen LogP contribution in [0, 0.1) is 17.8 Å². The molecule has 1 spiro atoms. The van der Waals surface area contributed by atoms with Gasteiger partial charge >= 0.3 is 0 Å². The number of nitrogens with one attached hydrogen (secondary N) is 2. The summed E-state index contributed by atoms with van der Waals surface area (Å²) in [5, 5.41) is 15.4. The average Bonchev–Trinajstić information content (AvgIpc) is 3.37. The molecule has 0 radical (unpaired) electrons. The Balaban J connectivity index is 1.66. The highest BCUT2D eigenvalue weighted by molar-refractivity contribution is 6.02. The van der Waals surface area contributed by atoms with Crippen LogP contribution in [0.25, 0.3) is 0 Å². The van der Waals surface area contributed by atoms with Crippen LogP contribution in [0.4, 0.5) is 5.69 Å². The third-order valence-corrected chi connectivity index (χ3v) is 8.70. The van der Waals surface area contributed by atoms with Gasteiger partial charge in [0, 0.05) is 24.9 Å². The van der Waals surface area contributed by atoms with E-state index in [1.165, 1.54) is 0 Å². The number of rotatable bonds is 12. The Kier molecular flexibility index (Phi) is 8.37. The van der Waals surface area contributed by atoms with Gasteiger partial charge in [0.2, 0.25) is 17.7 Å². The lowest BCUT2D eigenvalue weighted by Gasteiger charge is -2.36. The van der Waals surface area contributed by atoms with Crippen LogP contribution in [-0.2, 0) is 19.1 Å². The first-order chi connectivity index (χ1) is 18.1. The molecule has 1 aromatic rings. The summed E-state index contributed by atoms with van der Waals surface area (Å²) >= 11 is 0. The second-order valence-electron chi connectivity index (χ2n) is 11.3. The summed E-state index contributed by atoms with van der Waals surface area (Å²) in [4.78, 5) is 43.2. The summed E-state index contributed by atoms with van der Waals surface area (Å²) in [5.74, 6) is -1.52. The van der Waals surface area contributed by atoms with Gasteiger partial charge in [0.25, 0.3) is 0 Å². The molecule has 3 heterocycles. The van der Waals surface area contributed by atoms with Gasteiger partial charge in [0.05, 0.1) is 24.0 Å². The van der Waals surface area contributed by atoms with Gasteiger partial charge in [-0.05, 0) is 76.6 Å². The predicted molar refractivity (Wildman–Crippen MR) is 144 cm³/mol. The van der Waals surface area contributed by atoms with Gasteiger partial charge < -0.3 is 30.1 Å². The van der Waals surface area contributed by atoms with Gasteiger partial charge in [-0.2, -0.15) is 0 Å². The van der Waals surface area contributed by atoms with Crippen molar-refractivity contribution in [2.45, 2.75) is 90.0 Å².